The summed E-state index contributed by atoms with van der Waals surface area (Å²) in [5, 5.41) is 4.58. The lowest BCUT2D eigenvalue weighted by Gasteiger charge is -2.32. The highest BCUT2D eigenvalue weighted by Crippen LogP contribution is 2.33. The van der Waals surface area contributed by atoms with Gasteiger partial charge in [0.25, 0.3) is 0 Å². The Labute approximate surface area is 117 Å². The zero-order valence-electron chi connectivity index (χ0n) is 12.8. The van der Waals surface area contributed by atoms with Crippen molar-refractivity contribution in [1.82, 2.24) is 9.78 Å². The molecule has 1 aromatic rings. The minimum absolute atomic E-state index is 0.639. The number of nitrogens with zero attached hydrogens (tertiary/aromatic N) is 3. The van der Waals surface area contributed by atoms with Gasteiger partial charge in [-0.2, -0.15) is 5.10 Å². The first-order valence-corrected chi connectivity index (χ1v) is 7.62. The molecule has 1 saturated carbocycles. The quantitative estimate of drug-likeness (QED) is 0.889. The first kappa shape index (κ1) is 14.2. The van der Waals surface area contributed by atoms with Gasteiger partial charge in [-0.05, 0) is 25.2 Å². The van der Waals surface area contributed by atoms with E-state index in [0.717, 1.165) is 30.2 Å². The normalized spacial score (nSPS) is 16.5. The van der Waals surface area contributed by atoms with E-state index >= 15 is 0 Å². The van der Waals surface area contributed by atoms with E-state index in [1.54, 1.807) is 0 Å². The van der Waals surface area contributed by atoms with Crippen LogP contribution in [0.5, 0.6) is 0 Å². The van der Waals surface area contributed by atoms with E-state index in [-0.39, 0.29) is 0 Å². The molecule has 0 aliphatic heterocycles. The molecule has 0 radical (unpaired) electrons. The van der Waals surface area contributed by atoms with Crippen LogP contribution in [0.4, 0.5) is 11.5 Å². The van der Waals surface area contributed by atoms with Crippen LogP contribution in [0.3, 0.4) is 0 Å². The van der Waals surface area contributed by atoms with Crippen LogP contribution in [0.1, 0.15) is 52.1 Å². The summed E-state index contributed by atoms with van der Waals surface area (Å²) in [6, 6.07) is 0.643. The molecule has 4 nitrogen and oxygen atoms in total. The lowest BCUT2D eigenvalue weighted by molar-refractivity contribution is 0.521. The van der Waals surface area contributed by atoms with Crippen LogP contribution in [0.25, 0.3) is 0 Å². The molecule has 0 atom stereocenters. The number of nitrogen functional groups attached to an aromatic ring is 1. The minimum Gasteiger partial charge on any atom is -0.394 e. The number of aryl methyl sites for hydroxylation is 2. The fourth-order valence-corrected chi connectivity index (χ4v) is 3.21. The number of hydrogen-bond donors (Lipinski definition) is 1. The van der Waals surface area contributed by atoms with Crippen molar-refractivity contribution in [3.8, 4) is 0 Å². The van der Waals surface area contributed by atoms with Crippen LogP contribution in [-0.4, -0.2) is 22.4 Å². The van der Waals surface area contributed by atoms with Crippen LogP contribution in [0.15, 0.2) is 0 Å². The highest BCUT2D eigenvalue weighted by molar-refractivity contribution is 5.67. The summed E-state index contributed by atoms with van der Waals surface area (Å²) < 4.78 is 1.98. The Bertz CT molecular complexity index is 416. The predicted molar refractivity (Wildman–Crippen MR) is 81.4 cm³/mol. The molecule has 108 valence electrons. The summed E-state index contributed by atoms with van der Waals surface area (Å²) >= 11 is 0. The molecule has 4 heteroatoms. The Morgan fingerprint density at radius 3 is 2.47 bits per heavy atom. The van der Waals surface area contributed by atoms with Crippen molar-refractivity contribution in [2.24, 2.45) is 13.0 Å². The van der Waals surface area contributed by atoms with Crippen molar-refractivity contribution >= 4 is 11.5 Å². The molecule has 0 aromatic carbocycles. The number of hydrogen-bond acceptors (Lipinski definition) is 3. The lowest BCUT2D eigenvalue weighted by atomic mass is 10.1. The Morgan fingerprint density at radius 2 is 2.00 bits per heavy atom. The second-order valence-electron chi connectivity index (χ2n) is 6.15. The summed E-state index contributed by atoms with van der Waals surface area (Å²) in [6.45, 7) is 7.73. The largest absolute Gasteiger partial charge is 0.394 e. The maximum atomic E-state index is 6.33. The maximum absolute atomic E-state index is 6.33. The first-order valence-electron chi connectivity index (χ1n) is 7.62. The molecule has 1 heterocycles. The van der Waals surface area contributed by atoms with Crippen molar-refractivity contribution < 1.29 is 0 Å². The molecule has 2 rings (SSSR count). The summed E-state index contributed by atoms with van der Waals surface area (Å²) in [7, 11) is 2.02. The molecule has 19 heavy (non-hydrogen) atoms. The number of nitrogens with two attached hydrogens (primary N) is 1. The van der Waals surface area contributed by atoms with Gasteiger partial charge < -0.3 is 10.6 Å². The summed E-state index contributed by atoms with van der Waals surface area (Å²) in [5.74, 6) is 1.78. The third kappa shape index (κ3) is 2.88. The first-order chi connectivity index (χ1) is 9.04. The standard InChI is InChI=1S/C15H28N4/c1-5-13-14(16)15(18(4)17-13)19(10-11(2)3)12-8-6-7-9-12/h11-12H,5-10,16H2,1-4H3. The van der Waals surface area contributed by atoms with E-state index in [0.29, 0.717) is 12.0 Å². The van der Waals surface area contributed by atoms with Crippen LogP contribution >= 0.6 is 0 Å². The summed E-state index contributed by atoms with van der Waals surface area (Å²) in [4.78, 5) is 2.51. The maximum Gasteiger partial charge on any atom is 0.150 e. The zero-order chi connectivity index (χ0) is 14.0. The van der Waals surface area contributed by atoms with E-state index < -0.39 is 0 Å². The van der Waals surface area contributed by atoms with Crippen LogP contribution in [0, 0.1) is 5.92 Å². The molecule has 0 amide bonds. The van der Waals surface area contributed by atoms with E-state index in [2.05, 4.69) is 30.8 Å². The molecule has 1 fully saturated rings. The molecule has 0 saturated heterocycles. The lowest BCUT2D eigenvalue weighted by Crippen LogP contribution is -2.38. The van der Waals surface area contributed by atoms with Crippen LogP contribution in [0.2, 0.25) is 0 Å². The number of anilines is 2. The van der Waals surface area contributed by atoms with E-state index in [4.69, 9.17) is 5.73 Å². The average molecular weight is 264 g/mol. The van der Waals surface area contributed by atoms with Gasteiger partial charge in [-0.3, -0.25) is 4.68 Å². The Kier molecular flexibility index (Phi) is 4.38. The average Bonchev–Trinajstić information content (AvgIpc) is 2.95. The third-order valence-electron chi connectivity index (χ3n) is 4.06. The van der Waals surface area contributed by atoms with Crippen molar-refractivity contribution in [2.75, 3.05) is 17.2 Å². The molecule has 0 bridgehead atoms. The highest BCUT2D eigenvalue weighted by atomic mass is 15.4. The van der Waals surface area contributed by atoms with Crippen LogP contribution < -0.4 is 10.6 Å². The predicted octanol–water partition coefficient (Wildman–Crippen LogP) is 2.97. The van der Waals surface area contributed by atoms with Gasteiger partial charge in [0, 0.05) is 19.6 Å². The Balaban J connectivity index is 2.33. The van der Waals surface area contributed by atoms with Crippen molar-refractivity contribution in [2.45, 2.75) is 58.9 Å². The second kappa shape index (κ2) is 5.85. The van der Waals surface area contributed by atoms with Crippen molar-refractivity contribution in [1.29, 1.82) is 0 Å². The van der Waals surface area contributed by atoms with Crippen LogP contribution in [-0.2, 0) is 13.5 Å². The molecule has 2 N–H and O–H groups in total. The summed E-state index contributed by atoms with van der Waals surface area (Å²) in [5.41, 5.74) is 8.25. The highest BCUT2D eigenvalue weighted by Gasteiger charge is 2.28. The topological polar surface area (TPSA) is 47.1 Å². The van der Waals surface area contributed by atoms with Crippen molar-refractivity contribution in [3.63, 3.8) is 0 Å². The fraction of sp³-hybridized carbons (Fsp3) is 0.800. The van der Waals surface area contributed by atoms with Gasteiger partial charge in [0.2, 0.25) is 0 Å². The van der Waals surface area contributed by atoms with E-state index in [1.807, 2.05) is 11.7 Å². The van der Waals surface area contributed by atoms with Gasteiger partial charge in [-0.25, -0.2) is 0 Å². The second-order valence-corrected chi connectivity index (χ2v) is 6.15. The Hall–Kier alpha value is -1.19. The molecule has 1 aliphatic rings. The summed E-state index contributed by atoms with van der Waals surface area (Å²) in [6.07, 6.45) is 6.17. The number of aromatic nitrogens is 2. The molecule has 0 unspecified atom stereocenters. The van der Waals surface area contributed by atoms with E-state index in [1.165, 1.54) is 25.7 Å². The van der Waals surface area contributed by atoms with Gasteiger partial charge in [-0.15, -0.1) is 0 Å². The van der Waals surface area contributed by atoms with E-state index in [9.17, 15) is 0 Å². The van der Waals surface area contributed by atoms with Gasteiger partial charge in [-0.1, -0.05) is 33.6 Å². The molecule has 1 aliphatic carbocycles. The Morgan fingerprint density at radius 1 is 1.37 bits per heavy atom. The van der Waals surface area contributed by atoms with Gasteiger partial charge in [0.1, 0.15) is 0 Å². The van der Waals surface area contributed by atoms with Gasteiger partial charge in [0.15, 0.2) is 5.82 Å². The zero-order valence-corrected chi connectivity index (χ0v) is 12.8. The molecule has 0 spiro atoms. The fourth-order valence-electron chi connectivity index (χ4n) is 3.21. The monoisotopic (exact) mass is 264 g/mol. The molecular weight excluding hydrogens is 236 g/mol. The molecular formula is C15H28N4. The SMILES string of the molecule is CCc1nn(C)c(N(CC(C)C)C2CCCC2)c1N. The minimum atomic E-state index is 0.639. The number of rotatable bonds is 5. The van der Waals surface area contributed by atoms with Crippen molar-refractivity contribution in [3.05, 3.63) is 5.69 Å². The molecule has 1 aromatic heterocycles. The van der Waals surface area contributed by atoms with Gasteiger partial charge in [0.05, 0.1) is 11.4 Å². The third-order valence-corrected chi connectivity index (χ3v) is 4.06. The van der Waals surface area contributed by atoms with Gasteiger partial charge >= 0.3 is 0 Å². The smallest absolute Gasteiger partial charge is 0.150 e.